The van der Waals surface area contributed by atoms with Crippen molar-refractivity contribution in [2.24, 2.45) is 0 Å². The molecule has 0 amide bonds. The summed E-state index contributed by atoms with van der Waals surface area (Å²) in [6.07, 6.45) is 0. The fraction of sp³-hybridized carbons (Fsp3) is 0.0345. The van der Waals surface area contributed by atoms with Gasteiger partial charge in [0.2, 0.25) is 0 Å². The Labute approximate surface area is 177 Å². The van der Waals surface area contributed by atoms with Crippen LogP contribution in [0.4, 0.5) is 0 Å². The molecule has 0 spiro atoms. The van der Waals surface area contributed by atoms with E-state index in [1.54, 1.807) is 0 Å². The summed E-state index contributed by atoms with van der Waals surface area (Å²) in [6.45, 7) is 2.13. The van der Waals surface area contributed by atoms with Crippen molar-refractivity contribution >= 4 is 0 Å². The van der Waals surface area contributed by atoms with Gasteiger partial charge in [0, 0.05) is 5.56 Å². The number of hydrogen-bond donors (Lipinski definition) is 0. The van der Waals surface area contributed by atoms with Gasteiger partial charge in [0.25, 0.3) is 0 Å². The molecule has 0 fully saturated rings. The lowest BCUT2D eigenvalue weighted by Crippen LogP contribution is -2.01. The summed E-state index contributed by atoms with van der Waals surface area (Å²) in [5.41, 5.74) is 9.70. The van der Waals surface area contributed by atoms with Crippen LogP contribution in [0.3, 0.4) is 0 Å². The SMILES string of the molecule is Cc1ccc(-c2ccccc2-n2c(-c3ccccc3)ccc2-c2ccccc2)cc1. The molecule has 1 heterocycles. The van der Waals surface area contributed by atoms with E-state index in [4.69, 9.17) is 0 Å². The molecule has 1 heteroatoms. The molecule has 0 aliphatic rings. The Morgan fingerprint density at radius 3 is 1.50 bits per heavy atom. The molecule has 0 aliphatic carbocycles. The molecule has 144 valence electrons. The summed E-state index contributed by atoms with van der Waals surface area (Å²) in [6, 6.07) is 43.1. The van der Waals surface area contributed by atoms with Crippen molar-refractivity contribution in [3.05, 3.63) is 127 Å². The molecule has 5 aromatic rings. The fourth-order valence-electron chi connectivity index (χ4n) is 4.01. The first-order valence-corrected chi connectivity index (χ1v) is 10.3. The first kappa shape index (κ1) is 18.2. The largest absolute Gasteiger partial charge is 0.309 e. The molecule has 5 rings (SSSR count). The number of nitrogens with zero attached hydrogens (tertiary/aromatic N) is 1. The van der Waals surface area contributed by atoms with Crippen LogP contribution in [0.25, 0.3) is 39.3 Å². The predicted molar refractivity (Wildman–Crippen MR) is 127 cm³/mol. The van der Waals surface area contributed by atoms with Gasteiger partial charge in [-0.05, 0) is 41.8 Å². The second kappa shape index (κ2) is 7.88. The van der Waals surface area contributed by atoms with E-state index in [-0.39, 0.29) is 0 Å². The Morgan fingerprint density at radius 2 is 0.933 bits per heavy atom. The second-order valence-electron chi connectivity index (χ2n) is 7.55. The van der Waals surface area contributed by atoms with Crippen LogP contribution in [-0.4, -0.2) is 4.57 Å². The zero-order chi connectivity index (χ0) is 20.3. The van der Waals surface area contributed by atoms with Gasteiger partial charge in [-0.2, -0.15) is 0 Å². The van der Waals surface area contributed by atoms with Gasteiger partial charge in [-0.15, -0.1) is 0 Å². The zero-order valence-electron chi connectivity index (χ0n) is 17.0. The lowest BCUT2D eigenvalue weighted by Gasteiger charge is -2.18. The highest BCUT2D eigenvalue weighted by Gasteiger charge is 2.16. The third-order valence-electron chi connectivity index (χ3n) is 5.53. The van der Waals surface area contributed by atoms with E-state index in [9.17, 15) is 0 Å². The van der Waals surface area contributed by atoms with Gasteiger partial charge in [-0.25, -0.2) is 0 Å². The molecule has 1 aromatic heterocycles. The van der Waals surface area contributed by atoms with Crippen molar-refractivity contribution in [1.82, 2.24) is 4.57 Å². The first-order valence-electron chi connectivity index (χ1n) is 10.3. The zero-order valence-corrected chi connectivity index (χ0v) is 17.0. The van der Waals surface area contributed by atoms with E-state index in [1.807, 2.05) is 0 Å². The van der Waals surface area contributed by atoms with E-state index in [0.29, 0.717) is 0 Å². The van der Waals surface area contributed by atoms with Gasteiger partial charge < -0.3 is 4.57 Å². The lowest BCUT2D eigenvalue weighted by molar-refractivity contribution is 1.10. The van der Waals surface area contributed by atoms with Crippen molar-refractivity contribution in [2.75, 3.05) is 0 Å². The smallest absolute Gasteiger partial charge is 0.0540 e. The van der Waals surface area contributed by atoms with Crippen LogP contribution in [0.2, 0.25) is 0 Å². The van der Waals surface area contributed by atoms with Crippen molar-refractivity contribution in [2.45, 2.75) is 6.92 Å². The molecule has 1 nitrogen and oxygen atoms in total. The van der Waals surface area contributed by atoms with Gasteiger partial charge in [0.15, 0.2) is 0 Å². The molecule has 0 saturated carbocycles. The Hall–Kier alpha value is -3.84. The minimum atomic E-state index is 1.18. The standard InChI is InChI=1S/C29H23N/c1-22-16-18-23(19-17-22)26-14-8-9-15-29(26)30-27(24-10-4-2-5-11-24)20-21-28(30)25-12-6-3-7-13-25/h2-21H,1H3. The Bertz CT molecular complexity index is 1210. The number of aryl methyl sites for hydroxylation is 1. The van der Waals surface area contributed by atoms with Crippen molar-refractivity contribution in [3.63, 3.8) is 0 Å². The summed E-state index contributed by atoms with van der Waals surface area (Å²) in [7, 11) is 0. The van der Waals surface area contributed by atoms with Gasteiger partial charge >= 0.3 is 0 Å². The topological polar surface area (TPSA) is 4.93 Å². The van der Waals surface area contributed by atoms with Crippen LogP contribution in [0.15, 0.2) is 121 Å². The minimum Gasteiger partial charge on any atom is -0.309 e. The highest BCUT2D eigenvalue weighted by Crippen LogP contribution is 2.36. The number of aromatic nitrogens is 1. The summed E-state index contributed by atoms with van der Waals surface area (Å²) in [4.78, 5) is 0. The molecule has 0 bridgehead atoms. The molecule has 0 saturated heterocycles. The molecule has 0 aliphatic heterocycles. The summed E-state index contributed by atoms with van der Waals surface area (Å²) in [5, 5.41) is 0. The molecule has 0 radical (unpaired) electrons. The molecule has 0 unspecified atom stereocenters. The molecule has 30 heavy (non-hydrogen) atoms. The van der Waals surface area contributed by atoms with Gasteiger partial charge in [-0.3, -0.25) is 0 Å². The van der Waals surface area contributed by atoms with Crippen LogP contribution in [-0.2, 0) is 0 Å². The number of hydrogen-bond acceptors (Lipinski definition) is 0. The highest BCUT2D eigenvalue weighted by atomic mass is 15.0. The summed E-state index contributed by atoms with van der Waals surface area (Å²) >= 11 is 0. The van der Waals surface area contributed by atoms with Gasteiger partial charge in [0.1, 0.15) is 0 Å². The van der Waals surface area contributed by atoms with Crippen LogP contribution >= 0.6 is 0 Å². The van der Waals surface area contributed by atoms with E-state index in [0.717, 1.165) is 0 Å². The maximum atomic E-state index is 2.39. The van der Waals surface area contributed by atoms with E-state index < -0.39 is 0 Å². The minimum absolute atomic E-state index is 1.18. The second-order valence-corrected chi connectivity index (χ2v) is 7.55. The Balaban J connectivity index is 1.79. The van der Waals surface area contributed by atoms with Crippen molar-refractivity contribution < 1.29 is 0 Å². The quantitative estimate of drug-likeness (QED) is 0.297. The monoisotopic (exact) mass is 385 g/mol. The molecule has 0 N–H and O–H groups in total. The van der Waals surface area contributed by atoms with Gasteiger partial charge in [0.05, 0.1) is 17.1 Å². The fourth-order valence-corrected chi connectivity index (χ4v) is 4.01. The van der Waals surface area contributed by atoms with Crippen LogP contribution in [0.5, 0.6) is 0 Å². The Morgan fingerprint density at radius 1 is 0.433 bits per heavy atom. The molecule has 0 atom stereocenters. The normalized spacial score (nSPS) is 10.8. The van der Waals surface area contributed by atoms with E-state index in [1.165, 1.54) is 44.9 Å². The van der Waals surface area contributed by atoms with Crippen molar-refractivity contribution in [1.29, 1.82) is 0 Å². The van der Waals surface area contributed by atoms with Crippen LogP contribution < -0.4 is 0 Å². The maximum absolute atomic E-state index is 2.39. The average molecular weight is 386 g/mol. The molecular weight excluding hydrogens is 362 g/mol. The van der Waals surface area contributed by atoms with Gasteiger partial charge in [-0.1, -0.05) is 109 Å². The highest BCUT2D eigenvalue weighted by molar-refractivity contribution is 5.80. The third kappa shape index (κ3) is 3.35. The third-order valence-corrected chi connectivity index (χ3v) is 5.53. The first-order chi connectivity index (χ1) is 14.8. The van der Waals surface area contributed by atoms with E-state index in [2.05, 4.69) is 133 Å². The predicted octanol–water partition coefficient (Wildman–Crippen LogP) is 7.79. The van der Waals surface area contributed by atoms with Crippen molar-refractivity contribution in [3.8, 4) is 39.3 Å². The van der Waals surface area contributed by atoms with Crippen LogP contribution in [0.1, 0.15) is 5.56 Å². The van der Waals surface area contributed by atoms with E-state index >= 15 is 0 Å². The molecule has 4 aromatic carbocycles. The summed E-state index contributed by atoms with van der Waals surface area (Å²) in [5.74, 6) is 0. The van der Waals surface area contributed by atoms with Crippen LogP contribution in [0, 0.1) is 6.92 Å². The Kier molecular flexibility index (Phi) is 4.78. The number of benzene rings is 4. The molecular formula is C29H23N. The number of rotatable bonds is 4. The summed E-state index contributed by atoms with van der Waals surface area (Å²) < 4.78 is 2.39. The average Bonchev–Trinajstić information content (AvgIpc) is 3.26. The lowest BCUT2D eigenvalue weighted by atomic mass is 10.0. The number of para-hydroxylation sites is 1. The maximum Gasteiger partial charge on any atom is 0.0540 e.